The maximum Gasteiger partial charge on any atom is 0.410 e. The lowest BCUT2D eigenvalue weighted by Gasteiger charge is -2.32. The second-order valence-electron chi connectivity index (χ2n) is 7.82. The van der Waals surface area contributed by atoms with E-state index in [4.69, 9.17) is 9.15 Å². The molecule has 2 N–H and O–H groups in total. The maximum atomic E-state index is 12.1. The molecule has 0 bridgehead atoms. The van der Waals surface area contributed by atoms with Crippen LogP contribution in [-0.2, 0) is 11.3 Å². The number of amides is 2. The number of aryl methyl sites for hydroxylation is 1. The average Bonchev–Trinajstić information content (AvgIpc) is 3.27. The summed E-state index contributed by atoms with van der Waals surface area (Å²) in [5.41, 5.74) is -0.270. The van der Waals surface area contributed by atoms with Gasteiger partial charge >= 0.3 is 6.09 Å². The summed E-state index contributed by atoms with van der Waals surface area (Å²) in [5, 5.41) is 9.85. The zero-order chi connectivity index (χ0) is 20.3. The Kier molecular flexibility index (Phi) is 5.66. The minimum Gasteiger partial charge on any atom is -0.448 e. The van der Waals surface area contributed by atoms with Crippen molar-refractivity contribution in [3.63, 3.8) is 0 Å². The number of aromatic nitrogens is 4. The number of H-pyrrole nitrogens is 1. The van der Waals surface area contributed by atoms with Crippen LogP contribution in [0.1, 0.15) is 67.6 Å². The highest BCUT2D eigenvalue weighted by atomic mass is 16.6. The molecule has 10 heteroatoms. The summed E-state index contributed by atoms with van der Waals surface area (Å²) in [6.45, 7) is 8.67. The standard InChI is InChI=1S/C18H26N6O4/c1-11-20-13(10-27-11)16(25)19-9-14-21-15(23-22-14)12-5-7-24(8-6-12)17(26)28-18(2,3)4/h10,12H,5-9H2,1-4H3,(H,19,25)(H,21,22,23). The highest BCUT2D eigenvalue weighted by Crippen LogP contribution is 2.26. The molecule has 0 radical (unpaired) electrons. The van der Waals surface area contributed by atoms with E-state index < -0.39 is 5.60 Å². The number of likely N-dealkylation sites (tertiary alicyclic amines) is 1. The van der Waals surface area contributed by atoms with Gasteiger partial charge in [0.25, 0.3) is 5.91 Å². The third kappa shape index (κ3) is 5.08. The summed E-state index contributed by atoms with van der Waals surface area (Å²) in [6.07, 6.45) is 2.56. The van der Waals surface area contributed by atoms with E-state index in [1.807, 2.05) is 20.8 Å². The lowest BCUT2D eigenvalue weighted by Crippen LogP contribution is -2.41. The van der Waals surface area contributed by atoms with Crippen molar-refractivity contribution >= 4 is 12.0 Å². The summed E-state index contributed by atoms with van der Waals surface area (Å²) in [6, 6.07) is 0. The fourth-order valence-electron chi connectivity index (χ4n) is 2.94. The molecule has 0 saturated carbocycles. The highest BCUT2D eigenvalue weighted by molar-refractivity contribution is 5.91. The summed E-state index contributed by atoms with van der Waals surface area (Å²) in [4.78, 5) is 34.3. The number of aromatic amines is 1. The van der Waals surface area contributed by atoms with Crippen LogP contribution in [0.5, 0.6) is 0 Å². The zero-order valence-corrected chi connectivity index (χ0v) is 16.6. The monoisotopic (exact) mass is 390 g/mol. The van der Waals surface area contributed by atoms with E-state index in [1.165, 1.54) is 6.26 Å². The van der Waals surface area contributed by atoms with E-state index >= 15 is 0 Å². The quantitative estimate of drug-likeness (QED) is 0.819. The van der Waals surface area contributed by atoms with Crippen LogP contribution < -0.4 is 5.32 Å². The normalized spacial score (nSPS) is 15.5. The van der Waals surface area contributed by atoms with E-state index in [1.54, 1.807) is 11.8 Å². The Balaban J connectivity index is 1.48. The Morgan fingerprint density at radius 2 is 2.04 bits per heavy atom. The van der Waals surface area contributed by atoms with Gasteiger partial charge in [0.05, 0.1) is 6.54 Å². The van der Waals surface area contributed by atoms with Gasteiger partial charge in [0.1, 0.15) is 17.7 Å². The van der Waals surface area contributed by atoms with Crippen LogP contribution in [0.4, 0.5) is 4.79 Å². The summed E-state index contributed by atoms with van der Waals surface area (Å²) in [7, 11) is 0. The number of hydrogen-bond donors (Lipinski definition) is 2. The first-order chi connectivity index (χ1) is 13.2. The van der Waals surface area contributed by atoms with Crippen molar-refractivity contribution in [3.05, 3.63) is 29.5 Å². The first-order valence-electron chi connectivity index (χ1n) is 9.30. The molecular formula is C18H26N6O4. The molecule has 2 aromatic heterocycles. The molecule has 28 heavy (non-hydrogen) atoms. The van der Waals surface area contributed by atoms with Gasteiger partial charge in [-0.25, -0.2) is 14.8 Å². The molecule has 3 heterocycles. The summed E-state index contributed by atoms with van der Waals surface area (Å²) < 4.78 is 10.4. The molecular weight excluding hydrogens is 364 g/mol. The van der Waals surface area contributed by atoms with Gasteiger partial charge in [-0.2, -0.15) is 5.10 Å². The van der Waals surface area contributed by atoms with E-state index in [0.717, 1.165) is 12.8 Å². The molecule has 152 valence electrons. The first-order valence-corrected chi connectivity index (χ1v) is 9.30. The molecule has 3 rings (SSSR count). The molecule has 0 aliphatic carbocycles. The lowest BCUT2D eigenvalue weighted by molar-refractivity contribution is 0.0203. The van der Waals surface area contributed by atoms with Crippen molar-refractivity contribution in [1.29, 1.82) is 0 Å². The minimum atomic E-state index is -0.498. The van der Waals surface area contributed by atoms with Crippen LogP contribution in [-0.4, -0.2) is 55.8 Å². The van der Waals surface area contributed by atoms with Crippen molar-refractivity contribution in [2.75, 3.05) is 13.1 Å². The Morgan fingerprint density at radius 1 is 1.32 bits per heavy atom. The van der Waals surface area contributed by atoms with E-state index in [2.05, 4.69) is 25.5 Å². The van der Waals surface area contributed by atoms with Crippen LogP contribution in [0.15, 0.2) is 10.7 Å². The Labute approximate surface area is 163 Å². The number of nitrogens with one attached hydrogen (secondary N) is 2. The van der Waals surface area contributed by atoms with Crippen molar-refractivity contribution < 1.29 is 18.7 Å². The molecule has 10 nitrogen and oxygen atoms in total. The van der Waals surface area contributed by atoms with Crippen molar-refractivity contribution in [1.82, 2.24) is 30.4 Å². The molecule has 2 aromatic rings. The number of carbonyl (C=O) groups is 2. The molecule has 0 aromatic carbocycles. The molecule has 0 spiro atoms. The third-order valence-corrected chi connectivity index (χ3v) is 4.33. The zero-order valence-electron chi connectivity index (χ0n) is 16.6. The predicted molar refractivity (Wildman–Crippen MR) is 98.6 cm³/mol. The topological polar surface area (TPSA) is 126 Å². The van der Waals surface area contributed by atoms with Crippen LogP contribution >= 0.6 is 0 Å². The number of carbonyl (C=O) groups excluding carboxylic acids is 2. The molecule has 1 aliphatic rings. The number of nitrogens with zero attached hydrogens (tertiary/aromatic N) is 4. The SMILES string of the molecule is Cc1nc(C(=O)NCc2nc(C3CCN(C(=O)OC(C)(C)C)CC3)n[nH]2)co1. The second kappa shape index (κ2) is 7.99. The second-order valence-corrected chi connectivity index (χ2v) is 7.82. The molecule has 1 aliphatic heterocycles. The minimum absolute atomic E-state index is 0.164. The molecule has 1 saturated heterocycles. The van der Waals surface area contributed by atoms with Crippen molar-refractivity contribution in [2.45, 2.75) is 58.6 Å². The largest absolute Gasteiger partial charge is 0.448 e. The van der Waals surface area contributed by atoms with Crippen LogP contribution in [0.25, 0.3) is 0 Å². The maximum absolute atomic E-state index is 12.1. The highest BCUT2D eigenvalue weighted by Gasteiger charge is 2.29. The van der Waals surface area contributed by atoms with Crippen molar-refractivity contribution in [3.8, 4) is 0 Å². The number of piperidine rings is 1. The molecule has 2 amide bonds. The Bertz CT molecular complexity index is 829. The van der Waals surface area contributed by atoms with Crippen LogP contribution in [0, 0.1) is 6.92 Å². The van der Waals surface area contributed by atoms with Crippen molar-refractivity contribution in [2.24, 2.45) is 0 Å². The molecule has 0 atom stereocenters. The number of rotatable bonds is 4. The summed E-state index contributed by atoms with van der Waals surface area (Å²) in [5.74, 6) is 1.53. The molecule has 0 unspecified atom stereocenters. The number of ether oxygens (including phenoxy) is 1. The lowest BCUT2D eigenvalue weighted by atomic mass is 9.96. The van der Waals surface area contributed by atoms with Gasteiger partial charge < -0.3 is 19.4 Å². The summed E-state index contributed by atoms with van der Waals surface area (Å²) >= 11 is 0. The van der Waals surface area contributed by atoms with Gasteiger partial charge in [0.2, 0.25) is 0 Å². The third-order valence-electron chi connectivity index (χ3n) is 4.33. The number of hydrogen-bond acceptors (Lipinski definition) is 7. The van der Waals surface area contributed by atoms with Gasteiger partial charge in [-0.15, -0.1) is 0 Å². The van der Waals surface area contributed by atoms with E-state index in [-0.39, 0.29) is 30.2 Å². The molecule has 1 fully saturated rings. The Hall–Kier alpha value is -2.91. The number of oxazole rings is 1. The predicted octanol–water partition coefficient (Wildman–Crippen LogP) is 2.15. The van der Waals surface area contributed by atoms with Crippen LogP contribution in [0.3, 0.4) is 0 Å². The van der Waals surface area contributed by atoms with E-state index in [9.17, 15) is 9.59 Å². The fourth-order valence-corrected chi connectivity index (χ4v) is 2.94. The smallest absolute Gasteiger partial charge is 0.410 e. The van der Waals surface area contributed by atoms with Gasteiger partial charge in [0, 0.05) is 25.9 Å². The van der Waals surface area contributed by atoms with Gasteiger partial charge in [-0.05, 0) is 33.6 Å². The average molecular weight is 390 g/mol. The first kappa shape index (κ1) is 19.8. The fraction of sp³-hybridized carbons (Fsp3) is 0.611. The van der Waals surface area contributed by atoms with Gasteiger partial charge in [-0.3, -0.25) is 9.89 Å². The van der Waals surface area contributed by atoms with Crippen LogP contribution in [0.2, 0.25) is 0 Å². The Morgan fingerprint density at radius 3 is 2.64 bits per heavy atom. The van der Waals surface area contributed by atoms with Gasteiger partial charge in [-0.1, -0.05) is 0 Å². The van der Waals surface area contributed by atoms with E-state index in [0.29, 0.717) is 30.6 Å². The van der Waals surface area contributed by atoms with Gasteiger partial charge in [0.15, 0.2) is 17.4 Å².